The van der Waals surface area contributed by atoms with Gasteiger partial charge in [-0.1, -0.05) is 19.1 Å². The van der Waals surface area contributed by atoms with E-state index in [-0.39, 0.29) is 0 Å². The third kappa shape index (κ3) is 6.17. The van der Waals surface area contributed by atoms with E-state index in [0.717, 1.165) is 18.6 Å². The fourth-order valence-electron chi connectivity index (χ4n) is 3.01. The number of carboxylic acid groups (broad SMARTS) is 1. The number of aliphatic carboxylic acids is 1. The second-order valence-corrected chi connectivity index (χ2v) is 6.75. The Bertz CT molecular complexity index is 847. The Balaban J connectivity index is 1.96. The van der Waals surface area contributed by atoms with E-state index in [9.17, 15) is 9.59 Å². The van der Waals surface area contributed by atoms with Gasteiger partial charge in [-0.2, -0.15) is 0 Å². The van der Waals surface area contributed by atoms with Crippen LogP contribution in [0.3, 0.4) is 0 Å². The van der Waals surface area contributed by atoms with E-state index >= 15 is 0 Å². The van der Waals surface area contributed by atoms with E-state index in [0.29, 0.717) is 35.9 Å². The number of methoxy groups -OCH3 is 1. The molecule has 8 nitrogen and oxygen atoms in total. The number of aromatic nitrogens is 2. The molecule has 0 fully saturated rings. The first-order valence-corrected chi connectivity index (χ1v) is 9.61. The quantitative estimate of drug-likeness (QED) is 0.526. The maximum absolute atomic E-state index is 12.5. The monoisotopic (exact) mass is 400 g/mol. The van der Waals surface area contributed by atoms with Gasteiger partial charge in [0.25, 0.3) is 5.91 Å². The van der Waals surface area contributed by atoms with Gasteiger partial charge in [-0.3, -0.25) is 4.79 Å². The third-order valence-electron chi connectivity index (χ3n) is 4.57. The summed E-state index contributed by atoms with van der Waals surface area (Å²) in [5.41, 5.74) is 2.51. The van der Waals surface area contributed by atoms with Crippen LogP contribution in [0.15, 0.2) is 24.3 Å². The van der Waals surface area contributed by atoms with Crippen LogP contribution in [0.25, 0.3) is 0 Å². The summed E-state index contributed by atoms with van der Waals surface area (Å²) in [7, 11) is 1.65. The van der Waals surface area contributed by atoms with Gasteiger partial charge in [-0.25, -0.2) is 14.8 Å². The molecule has 8 heteroatoms. The number of hydrogen-bond acceptors (Lipinski definition) is 6. The molecule has 1 aromatic carbocycles. The van der Waals surface area contributed by atoms with Gasteiger partial charge >= 0.3 is 5.97 Å². The Morgan fingerprint density at radius 2 is 1.90 bits per heavy atom. The van der Waals surface area contributed by atoms with E-state index < -0.39 is 17.9 Å². The van der Waals surface area contributed by atoms with E-state index in [1.165, 1.54) is 5.56 Å². The van der Waals surface area contributed by atoms with Crippen LogP contribution in [0.4, 0.5) is 5.95 Å². The van der Waals surface area contributed by atoms with Crippen LogP contribution in [0.2, 0.25) is 0 Å². The van der Waals surface area contributed by atoms with Gasteiger partial charge in [0.1, 0.15) is 11.8 Å². The molecule has 29 heavy (non-hydrogen) atoms. The molecule has 156 valence electrons. The van der Waals surface area contributed by atoms with E-state index in [4.69, 9.17) is 9.84 Å². The van der Waals surface area contributed by atoms with Gasteiger partial charge in [-0.15, -0.1) is 0 Å². The summed E-state index contributed by atoms with van der Waals surface area (Å²) < 4.78 is 5.23. The molecule has 1 amide bonds. The van der Waals surface area contributed by atoms with E-state index in [2.05, 4.69) is 26.7 Å². The molecule has 0 radical (unpaired) electrons. The van der Waals surface area contributed by atoms with Gasteiger partial charge < -0.3 is 20.5 Å². The van der Waals surface area contributed by atoms with Crippen molar-refractivity contribution >= 4 is 17.8 Å². The standard InChI is InChI=1S/C21H28N4O4/c1-5-17(20(27)28)25-19(26)18-13(2)23-21(24-14(18)3)22-11-7-9-15-8-6-10-16(12-15)29-4/h6,8,10,12,17H,5,7,9,11H2,1-4H3,(H,25,26)(H,27,28)(H,22,23,24)/t17-/m0/s1. The third-order valence-corrected chi connectivity index (χ3v) is 4.57. The van der Waals surface area contributed by atoms with E-state index in [1.807, 2.05) is 18.2 Å². The number of carboxylic acids is 1. The largest absolute Gasteiger partial charge is 0.497 e. The molecule has 0 aliphatic heterocycles. The van der Waals surface area contributed by atoms with Crippen LogP contribution in [0, 0.1) is 13.8 Å². The number of anilines is 1. The highest BCUT2D eigenvalue weighted by molar-refractivity contribution is 5.98. The lowest BCUT2D eigenvalue weighted by Crippen LogP contribution is -2.41. The minimum Gasteiger partial charge on any atom is -0.497 e. The topological polar surface area (TPSA) is 113 Å². The summed E-state index contributed by atoms with van der Waals surface area (Å²) >= 11 is 0. The smallest absolute Gasteiger partial charge is 0.326 e. The maximum atomic E-state index is 12.5. The molecule has 1 heterocycles. The van der Waals surface area contributed by atoms with Crippen molar-refractivity contribution in [3.8, 4) is 5.75 Å². The molecule has 0 aliphatic carbocycles. The molecular formula is C21H28N4O4. The first-order valence-electron chi connectivity index (χ1n) is 9.61. The lowest BCUT2D eigenvalue weighted by Gasteiger charge is -2.15. The Morgan fingerprint density at radius 3 is 2.48 bits per heavy atom. The summed E-state index contributed by atoms with van der Waals surface area (Å²) in [6.07, 6.45) is 2.07. The van der Waals surface area contributed by atoms with Crippen LogP contribution >= 0.6 is 0 Å². The fourth-order valence-corrected chi connectivity index (χ4v) is 3.01. The SMILES string of the molecule is CC[C@H](NC(=O)c1c(C)nc(NCCCc2cccc(OC)c2)nc1C)C(=O)O. The summed E-state index contributed by atoms with van der Waals surface area (Å²) in [6, 6.07) is 7.02. The molecule has 1 aromatic heterocycles. The summed E-state index contributed by atoms with van der Waals surface area (Å²) in [5, 5.41) is 14.8. The number of rotatable bonds is 10. The lowest BCUT2D eigenvalue weighted by atomic mass is 10.1. The number of aryl methyl sites for hydroxylation is 3. The predicted octanol–water partition coefficient (Wildman–Crippen LogP) is 2.74. The highest BCUT2D eigenvalue weighted by atomic mass is 16.5. The Kier molecular flexibility index (Phi) is 7.94. The zero-order valence-corrected chi connectivity index (χ0v) is 17.3. The number of ether oxygens (including phenoxy) is 1. The van der Waals surface area contributed by atoms with Gasteiger partial charge in [0, 0.05) is 6.54 Å². The molecule has 0 unspecified atom stereocenters. The molecule has 2 aromatic rings. The molecule has 0 aliphatic rings. The molecule has 0 bridgehead atoms. The van der Waals surface area contributed by atoms with Crippen molar-refractivity contribution in [2.75, 3.05) is 19.0 Å². The second kappa shape index (κ2) is 10.4. The van der Waals surface area contributed by atoms with Gasteiger partial charge in [0.15, 0.2) is 0 Å². The first-order chi connectivity index (χ1) is 13.8. The molecule has 0 saturated carbocycles. The average Bonchev–Trinajstić information content (AvgIpc) is 2.68. The molecular weight excluding hydrogens is 372 g/mol. The minimum absolute atomic E-state index is 0.299. The van der Waals surface area contributed by atoms with Crippen molar-refractivity contribution < 1.29 is 19.4 Å². The molecule has 0 saturated heterocycles. The van der Waals surface area contributed by atoms with Crippen molar-refractivity contribution in [2.24, 2.45) is 0 Å². The van der Waals surface area contributed by atoms with Crippen LogP contribution < -0.4 is 15.4 Å². The van der Waals surface area contributed by atoms with Crippen LogP contribution in [0.5, 0.6) is 5.75 Å². The molecule has 2 rings (SSSR count). The first kappa shape index (κ1) is 22.1. The molecule has 0 spiro atoms. The Morgan fingerprint density at radius 1 is 1.21 bits per heavy atom. The van der Waals surface area contributed by atoms with Crippen LogP contribution in [-0.4, -0.2) is 46.6 Å². The average molecular weight is 400 g/mol. The van der Waals surface area contributed by atoms with Crippen molar-refractivity contribution in [1.29, 1.82) is 0 Å². The Labute approximate surface area is 170 Å². The highest BCUT2D eigenvalue weighted by Gasteiger charge is 2.22. The number of nitrogens with one attached hydrogen (secondary N) is 2. The maximum Gasteiger partial charge on any atom is 0.326 e. The predicted molar refractivity (Wildman–Crippen MR) is 110 cm³/mol. The zero-order valence-electron chi connectivity index (χ0n) is 17.3. The summed E-state index contributed by atoms with van der Waals surface area (Å²) in [6.45, 7) is 5.81. The van der Waals surface area contributed by atoms with Crippen molar-refractivity contribution in [3.63, 3.8) is 0 Å². The number of hydrogen-bond donors (Lipinski definition) is 3. The number of carbonyl (C=O) groups is 2. The van der Waals surface area contributed by atoms with Crippen molar-refractivity contribution in [3.05, 3.63) is 46.8 Å². The minimum atomic E-state index is -1.06. The van der Waals surface area contributed by atoms with Gasteiger partial charge in [-0.05, 0) is 50.8 Å². The van der Waals surface area contributed by atoms with Gasteiger partial charge in [0.05, 0.1) is 24.1 Å². The molecule has 3 N–H and O–H groups in total. The molecule has 1 atom stereocenters. The zero-order chi connectivity index (χ0) is 21.4. The number of benzene rings is 1. The number of amides is 1. The lowest BCUT2D eigenvalue weighted by molar-refractivity contribution is -0.139. The van der Waals surface area contributed by atoms with Crippen LogP contribution in [-0.2, 0) is 11.2 Å². The van der Waals surface area contributed by atoms with Gasteiger partial charge in [0.2, 0.25) is 5.95 Å². The second-order valence-electron chi connectivity index (χ2n) is 6.75. The normalized spacial score (nSPS) is 11.6. The summed E-state index contributed by atoms with van der Waals surface area (Å²) in [5.74, 6) is -0.246. The van der Waals surface area contributed by atoms with Crippen molar-refractivity contribution in [2.45, 2.75) is 46.1 Å². The highest BCUT2D eigenvalue weighted by Crippen LogP contribution is 2.15. The number of carbonyl (C=O) groups excluding carboxylic acids is 1. The Hall–Kier alpha value is -3.16. The van der Waals surface area contributed by atoms with Crippen molar-refractivity contribution in [1.82, 2.24) is 15.3 Å². The van der Waals surface area contributed by atoms with E-state index in [1.54, 1.807) is 27.9 Å². The summed E-state index contributed by atoms with van der Waals surface area (Å²) in [4.78, 5) is 32.3. The fraction of sp³-hybridized carbons (Fsp3) is 0.429. The number of nitrogens with zero attached hydrogens (tertiary/aromatic N) is 2. The van der Waals surface area contributed by atoms with Crippen LogP contribution in [0.1, 0.15) is 47.1 Å².